The van der Waals surface area contributed by atoms with Crippen LogP contribution in [0.5, 0.6) is 0 Å². The number of aliphatic hydroxyl groups is 1. The van der Waals surface area contributed by atoms with E-state index in [1.165, 1.54) is 42.0 Å². The molecule has 0 aliphatic carbocycles. The monoisotopic (exact) mass is 372 g/mol. The predicted molar refractivity (Wildman–Crippen MR) is 95.3 cm³/mol. The lowest BCUT2D eigenvalue weighted by Gasteiger charge is -2.15. The molecule has 3 rings (SSSR count). The van der Waals surface area contributed by atoms with Gasteiger partial charge in [0.15, 0.2) is 11.5 Å². The molecule has 138 valence electrons. The van der Waals surface area contributed by atoms with Crippen LogP contribution in [-0.4, -0.2) is 41.0 Å². The third kappa shape index (κ3) is 4.07. The van der Waals surface area contributed by atoms with Crippen molar-refractivity contribution in [2.24, 2.45) is 0 Å². The molecule has 2 heterocycles. The van der Waals surface area contributed by atoms with Gasteiger partial charge in [-0.05, 0) is 19.1 Å². The van der Waals surface area contributed by atoms with Gasteiger partial charge in [0.2, 0.25) is 0 Å². The molecule has 0 saturated heterocycles. The standard InChI is InChI=1S/C17H15BF2N4O3/c1-9(25)8-27-23-17(26)11-7-24-5-4-21-16(24)14(20)15(11)22-13-3-2-10(18)6-12(13)19/h2-7,9,22,25H,8H2,1H3,(H,23,26)/t9-/m0/s1. The number of carbonyl (C=O) groups excluding carboxylic acids is 1. The van der Waals surface area contributed by atoms with Crippen LogP contribution in [0.15, 0.2) is 36.8 Å². The first kappa shape index (κ1) is 18.8. The van der Waals surface area contributed by atoms with E-state index in [1.54, 1.807) is 0 Å². The van der Waals surface area contributed by atoms with E-state index in [0.29, 0.717) is 0 Å². The zero-order valence-corrected chi connectivity index (χ0v) is 14.2. The summed E-state index contributed by atoms with van der Waals surface area (Å²) in [5.41, 5.74) is 1.76. The van der Waals surface area contributed by atoms with Gasteiger partial charge < -0.3 is 14.8 Å². The number of nitrogens with one attached hydrogen (secondary N) is 2. The van der Waals surface area contributed by atoms with E-state index >= 15 is 0 Å². The topological polar surface area (TPSA) is 87.9 Å². The summed E-state index contributed by atoms with van der Waals surface area (Å²) in [7, 11) is 5.51. The highest BCUT2D eigenvalue weighted by atomic mass is 19.1. The molecule has 0 aliphatic rings. The molecule has 0 bridgehead atoms. The highest BCUT2D eigenvalue weighted by molar-refractivity contribution is 6.32. The maximum atomic E-state index is 14.9. The summed E-state index contributed by atoms with van der Waals surface area (Å²) in [6, 6.07) is 3.83. The lowest BCUT2D eigenvalue weighted by molar-refractivity contribution is -0.00686. The van der Waals surface area contributed by atoms with E-state index in [9.17, 15) is 18.7 Å². The molecule has 1 amide bonds. The Morgan fingerprint density at radius 2 is 2.22 bits per heavy atom. The molecule has 0 unspecified atom stereocenters. The number of nitrogens with zero attached hydrogens (tertiary/aromatic N) is 2. The first-order chi connectivity index (χ1) is 12.9. The number of amides is 1. The fourth-order valence-electron chi connectivity index (χ4n) is 2.37. The molecule has 7 nitrogen and oxygen atoms in total. The van der Waals surface area contributed by atoms with Crippen LogP contribution in [0.1, 0.15) is 17.3 Å². The molecule has 0 fully saturated rings. The smallest absolute Gasteiger partial charge is 0.278 e. The third-order valence-electron chi connectivity index (χ3n) is 3.61. The Bertz CT molecular complexity index is 994. The number of carbonyl (C=O) groups is 1. The summed E-state index contributed by atoms with van der Waals surface area (Å²) in [5.74, 6) is -2.35. The van der Waals surface area contributed by atoms with Crippen molar-refractivity contribution in [2.45, 2.75) is 13.0 Å². The van der Waals surface area contributed by atoms with Gasteiger partial charge in [-0.1, -0.05) is 11.5 Å². The van der Waals surface area contributed by atoms with E-state index in [0.717, 1.165) is 6.07 Å². The SMILES string of the molecule is [B]c1ccc(Nc2c(C(=O)NOC[C@H](C)O)cn3ccnc3c2F)c(F)c1. The maximum Gasteiger partial charge on any atom is 0.278 e. The van der Waals surface area contributed by atoms with Gasteiger partial charge in [0, 0.05) is 18.6 Å². The van der Waals surface area contributed by atoms with Crippen molar-refractivity contribution >= 4 is 36.2 Å². The Kier molecular flexibility index (Phi) is 5.38. The van der Waals surface area contributed by atoms with Crippen molar-refractivity contribution in [3.05, 3.63) is 54.0 Å². The Labute approximate surface area is 154 Å². The molecule has 0 aliphatic heterocycles. The van der Waals surface area contributed by atoms with Gasteiger partial charge in [0.25, 0.3) is 5.91 Å². The van der Waals surface area contributed by atoms with Crippen molar-refractivity contribution in [2.75, 3.05) is 11.9 Å². The van der Waals surface area contributed by atoms with Crippen LogP contribution in [0.3, 0.4) is 0 Å². The van der Waals surface area contributed by atoms with Crippen molar-refractivity contribution < 1.29 is 23.5 Å². The van der Waals surface area contributed by atoms with Gasteiger partial charge in [0.1, 0.15) is 20.3 Å². The van der Waals surface area contributed by atoms with Gasteiger partial charge in [-0.3, -0.25) is 9.63 Å². The molecule has 1 aromatic carbocycles. The van der Waals surface area contributed by atoms with E-state index < -0.39 is 23.6 Å². The number of hydroxylamine groups is 1. The number of pyridine rings is 1. The molecule has 2 aromatic heterocycles. The molecule has 0 saturated carbocycles. The molecular formula is C17H15BF2N4O3. The van der Waals surface area contributed by atoms with Crippen LogP contribution in [0.2, 0.25) is 0 Å². The van der Waals surface area contributed by atoms with Crippen LogP contribution < -0.4 is 16.3 Å². The largest absolute Gasteiger partial charge is 0.391 e. The van der Waals surface area contributed by atoms with E-state index in [-0.39, 0.29) is 34.7 Å². The number of hydrogen-bond acceptors (Lipinski definition) is 5. The van der Waals surface area contributed by atoms with Gasteiger partial charge in [-0.2, -0.15) is 0 Å². The Balaban J connectivity index is 2.00. The maximum absolute atomic E-state index is 14.9. The quantitative estimate of drug-likeness (QED) is 0.447. The normalized spacial score (nSPS) is 12.1. The molecule has 2 radical (unpaired) electrons. The average molecular weight is 372 g/mol. The van der Waals surface area contributed by atoms with Gasteiger partial charge in [-0.15, -0.1) is 0 Å². The van der Waals surface area contributed by atoms with E-state index in [4.69, 9.17) is 12.7 Å². The first-order valence-electron chi connectivity index (χ1n) is 7.94. The van der Waals surface area contributed by atoms with Crippen LogP contribution >= 0.6 is 0 Å². The molecule has 27 heavy (non-hydrogen) atoms. The minimum atomic E-state index is -0.848. The fraction of sp³-hybridized carbons (Fsp3) is 0.176. The minimum Gasteiger partial charge on any atom is -0.391 e. The van der Waals surface area contributed by atoms with E-state index in [1.807, 2.05) is 0 Å². The first-order valence-corrected chi connectivity index (χ1v) is 7.94. The average Bonchev–Trinajstić information content (AvgIpc) is 3.07. The van der Waals surface area contributed by atoms with E-state index in [2.05, 4.69) is 15.8 Å². The molecule has 1 atom stereocenters. The number of fused-ring (bicyclic) bond motifs is 1. The lowest BCUT2D eigenvalue weighted by atomic mass is 9.96. The summed E-state index contributed by atoms with van der Waals surface area (Å²) in [6.45, 7) is 1.32. The fourth-order valence-corrected chi connectivity index (χ4v) is 2.37. The van der Waals surface area contributed by atoms with Gasteiger partial charge >= 0.3 is 0 Å². The number of hydrogen-bond donors (Lipinski definition) is 3. The number of aliphatic hydroxyl groups excluding tert-OH is 1. The van der Waals surface area contributed by atoms with Crippen LogP contribution in [-0.2, 0) is 4.84 Å². The van der Waals surface area contributed by atoms with Gasteiger partial charge in [-0.25, -0.2) is 19.2 Å². The highest BCUT2D eigenvalue weighted by Crippen LogP contribution is 2.28. The molecule has 0 spiro atoms. The summed E-state index contributed by atoms with van der Waals surface area (Å²) >= 11 is 0. The third-order valence-corrected chi connectivity index (χ3v) is 3.61. The second-order valence-electron chi connectivity index (χ2n) is 5.85. The van der Waals surface area contributed by atoms with Crippen molar-refractivity contribution in [1.82, 2.24) is 14.9 Å². The molecule has 10 heteroatoms. The Morgan fingerprint density at radius 1 is 1.44 bits per heavy atom. The number of anilines is 2. The number of benzene rings is 1. The van der Waals surface area contributed by atoms with Crippen LogP contribution in [0.25, 0.3) is 5.65 Å². The van der Waals surface area contributed by atoms with Crippen molar-refractivity contribution in [3.8, 4) is 0 Å². The Morgan fingerprint density at radius 3 is 2.93 bits per heavy atom. The summed E-state index contributed by atoms with van der Waals surface area (Å²) in [4.78, 5) is 21.2. The van der Waals surface area contributed by atoms with Crippen LogP contribution in [0, 0.1) is 11.6 Å². The molecular weight excluding hydrogens is 357 g/mol. The van der Waals surface area contributed by atoms with Gasteiger partial charge in [0.05, 0.1) is 23.0 Å². The second-order valence-corrected chi connectivity index (χ2v) is 5.85. The molecule has 3 aromatic rings. The summed E-state index contributed by atoms with van der Waals surface area (Å²) in [5, 5.41) is 11.8. The predicted octanol–water partition coefficient (Wildman–Crippen LogP) is 1.19. The molecule has 3 N–H and O–H groups in total. The van der Waals surface area contributed by atoms with Crippen molar-refractivity contribution in [3.63, 3.8) is 0 Å². The Hall–Kier alpha value is -2.98. The number of halogens is 2. The number of imidazole rings is 1. The zero-order valence-electron chi connectivity index (χ0n) is 14.2. The van der Waals surface area contributed by atoms with Crippen LogP contribution in [0.4, 0.5) is 20.2 Å². The highest BCUT2D eigenvalue weighted by Gasteiger charge is 2.21. The summed E-state index contributed by atoms with van der Waals surface area (Å²) < 4.78 is 30.3. The number of aromatic nitrogens is 2. The number of rotatable bonds is 6. The lowest BCUT2D eigenvalue weighted by Crippen LogP contribution is -2.28. The second kappa shape index (κ2) is 7.72. The minimum absolute atomic E-state index is 0.0465. The zero-order chi connectivity index (χ0) is 19.6. The van der Waals surface area contributed by atoms with Crippen molar-refractivity contribution in [1.29, 1.82) is 0 Å². The summed E-state index contributed by atoms with van der Waals surface area (Å²) in [6.07, 6.45) is 3.33.